The van der Waals surface area contributed by atoms with Gasteiger partial charge in [0, 0.05) is 6.54 Å². The lowest BCUT2D eigenvalue weighted by atomic mass is 10.4. The number of halogens is 4. The largest absolute Gasteiger partial charge is 0.390 e. The lowest BCUT2D eigenvalue weighted by Gasteiger charge is -2.09. The van der Waals surface area contributed by atoms with Gasteiger partial charge in [0.25, 0.3) is 0 Å². The molecule has 0 bridgehead atoms. The molecule has 0 aliphatic rings. The van der Waals surface area contributed by atoms with Gasteiger partial charge in [0.2, 0.25) is 10.0 Å². The number of hydrogen-bond donors (Lipinski definition) is 1. The molecule has 1 aromatic rings. The average Bonchev–Trinajstić information content (AvgIpc) is 2.26. The summed E-state index contributed by atoms with van der Waals surface area (Å²) in [7, 11) is -9.45. The summed E-state index contributed by atoms with van der Waals surface area (Å²) in [6.45, 7) is -0.904. The zero-order valence-electron chi connectivity index (χ0n) is 9.68. The summed E-state index contributed by atoms with van der Waals surface area (Å²) in [4.78, 5) is -1.53. The quantitative estimate of drug-likeness (QED) is 0.654. The smallest absolute Gasteiger partial charge is 0.211 e. The topological polar surface area (TPSA) is 80.3 Å². The summed E-state index contributed by atoms with van der Waals surface area (Å²) in [5.74, 6) is 0. The summed E-state index contributed by atoms with van der Waals surface area (Å²) in [6.07, 6.45) is -5.92. The van der Waals surface area contributed by atoms with Crippen molar-refractivity contribution in [2.75, 3.05) is 6.54 Å². The summed E-state index contributed by atoms with van der Waals surface area (Å²) in [6, 6.07) is 3.24. The van der Waals surface area contributed by atoms with Crippen LogP contribution < -0.4 is 4.72 Å². The van der Waals surface area contributed by atoms with Crippen LogP contribution in [0, 0.1) is 0 Å². The number of nitrogens with one attached hydrogen (secondary N) is 1. The molecule has 0 aliphatic heterocycles. The molecule has 1 rings (SSSR count). The standard InChI is InChI=1S/C9H9F4NO4S2/c10-9(11,12)4-5-14-20(17,18)8-3-1-2-7(6-8)19(13,15)16/h1-3,6,14H,4-5H2. The minimum absolute atomic E-state index is 0.519. The molecule has 11 heteroatoms. The number of alkyl halides is 3. The molecular weight excluding hydrogens is 326 g/mol. The van der Waals surface area contributed by atoms with E-state index in [0.717, 1.165) is 18.2 Å². The lowest BCUT2D eigenvalue weighted by Crippen LogP contribution is -2.28. The van der Waals surface area contributed by atoms with Crippen LogP contribution in [0.25, 0.3) is 0 Å². The molecule has 5 nitrogen and oxygen atoms in total. The van der Waals surface area contributed by atoms with Gasteiger partial charge in [-0.1, -0.05) is 6.07 Å². The first kappa shape index (κ1) is 16.9. The fraction of sp³-hybridized carbons (Fsp3) is 0.333. The van der Waals surface area contributed by atoms with Crippen molar-refractivity contribution in [3.63, 3.8) is 0 Å². The minimum Gasteiger partial charge on any atom is -0.211 e. The molecule has 0 saturated carbocycles. The monoisotopic (exact) mass is 335 g/mol. The lowest BCUT2D eigenvalue weighted by molar-refractivity contribution is -0.132. The predicted octanol–water partition coefficient (Wildman–Crippen LogP) is 1.58. The van der Waals surface area contributed by atoms with Gasteiger partial charge in [-0.2, -0.15) is 21.6 Å². The highest BCUT2D eigenvalue weighted by molar-refractivity contribution is 7.89. The Balaban J connectivity index is 2.94. The third-order valence-electron chi connectivity index (χ3n) is 2.10. The Morgan fingerprint density at radius 1 is 1.05 bits per heavy atom. The molecule has 1 N–H and O–H groups in total. The maximum Gasteiger partial charge on any atom is 0.390 e. The SMILES string of the molecule is O=S(=O)(F)c1cccc(S(=O)(=O)NCCC(F)(F)F)c1. The first-order valence-electron chi connectivity index (χ1n) is 5.03. The maximum atomic E-state index is 12.7. The van der Waals surface area contributed by atoms with Crippen molar-refractivity contribution >= 4 is 20.2 Å². The highest BCUT2D eigenvalue weighted by Crippen LogP contribution is 2.20. The van der Waals surface area contributed by atoms with Crippen LogP contribution in [0.3, 0.4) is 0 Å². The van der Waals surface area contributed by atoms with E-state index in [-0.39, 0.29) is 0 Å². The zero-order valence-corrected chi connectivity index (χ0v) is 11.3. The molecule has 0 unspecified atom stereocenters. The van der Waals surface area contributed by atoms with Crippen molar-refractivity contribution in [2.45, 2.75) is 22.4 Å². The van der Waals surface area contributed by atoms with Crippen LogP contribution in [0.15, 0.2) is 34.1 Å². The van der Waals surface area contributed by atoms with Crippen molar-refractivity contribution in [3.8, 4) is 0 Å². The van der Waals surface area contributed by atoms with E-state index >= 15 is 0 Å². The van der Waals surface area contributed by atoms with E-state index < -0.39 is 49.2 Å². The summed E-state index contributed by atoms with van der Waals surface area (Å²) >= 11 is 0. The molecule has 0 saturated heterocycles. The van der Waals surface area contributed by atoms with Gasteiger partial charge in [0.15, 0.2) is 0 Å². The van der Waals surface area contributed by atoms with Gasteiger partial charge in [-0.3, -0.25) is 0 Å². The Morgan fingerprint density at radius 2 is 1.60 bits per heavy atom. The Morgan fingerprint density at radius 3 is 2.10 bits per heavy atom. The van der Waals surface area contributed by atoms with E-state index in [4.69, 9.17) is 0 Å². The predicted molar refractivity (Wildman–Crippen MR) is 60.6 cm³/mol. The van der Waals surface area contributed by atoms with E-state index in [1.54, 1.807) is 4.72 Å². The third kappa shape index (κ3) is 5.06. The van der Waals surface area contributed by atoms with Gasteiger partial charge in [-0.05, 0) is 18.2 Å². The second-order valence-electron chi connectivity index (χ2n) is 3.68. The van der Waals surface area contributed by atoms with E-state index in [9.17, 15) is 33.9 Å². The Kier molecular flexibility index (Phi) is 4.77. The third-order valence-corrected chi connectivity index (χ3v) is 4.37. The number of benzene rings is 1. The Hall–Kier alpha value is -1.20. The summed E-state index contributed by atoms with van der Waals surface area (Å²) in [5, 5.41) is 0. The van der Waals surface area contributed by atoms with Crippen LogP contribution in [0.1, 0.15) is 6.42 Å². The number of hydrogen-bond acceptors (Lipinski definition) is 4. The van der Waals surface area contributed by atoms with Crippen LogP contribution >= 0.6 is 0 Å². The van der Waals surface area contributed by atoms with Gasteiger partial charge in [0.1, 0.15) is 0 Å². The van der Waals surface area contributed by atoms with E-state index in [1.165, 1.54) is 0 Å². The molecule has 20 heavy (non-hydrogen) atoms. The number of sulfonamides is 1. The van der Waals surface area contributed by atoms with Crippen LogP contribution in [-0.2, 0) is 20.2 Å². The molecule has 1 aromatic carbocycles. The van der Waals surface area contributed by atoms with Crippen LogP contribution in [-0.4, -0.2) is 29.6 Å². The second-order valence-corrected chi connectivity index (χ2v) is 6.79. The molecule has 0 fully saturated rings. The Bertz CT molecular complexity index is 682. The fourth-order valence-electron chi connectivity index (χ4n) is 1.20. The maximum absolute atomic E-state index is 12.7. The van der Waals surface area contributed by atoms with Crippen LogP contribution in [0.4, 0.5) is 17.1 Å². The highest BCUT2D eigenvalue weighted by Gasteiger charge is 2.27. The van der Waals surface area contributed by atoms with E-state index in [1.807, 2.05) is 0 Å². The van der Waals surface area contributed by atoms with Crippen molar-refractivity contribution in [3.05, 3.63) is 24.3 Å². The van der Waals surface area contributed by atoms with Gasteiger partial charge in [-0.25, -0.2) is 13.1 Å². The molecule has 0 amide bonds. The molecule has 0 aliphatic carbocycles. The molecule has 0 atom stereocenters. The minimum atomic E-state index is -5.10. The van der Waals surface area contributed by atoms with Crippen molar-refractivity contribution < 1.29 is 33.9 Å². The van der Waals surface area contributed by atoms with Crippen molar-refractivity contribution in [1.82, 2.24) is 4.72 Å². The zero-order chi connectivity index (χ0) is 15.6. The van der Waals surface area contributed by atoms with Crippen LogP contribution in [0.5, 0.6) is 0 Å². The molecule has 0 radical (unpaired) electrons. The Labute approximate surface area is 112 Å². The average molecular weight is 335 g/mol. The molecule has 114 valence electrons. The number of rotatable bonds is 5. The molecular formula is C9H9F4NO4S2. The fourth-order valence-corrected chi connectivity index (χ4v) is 2.86. The van der Waals surface area contributed by atoms with E-state index in [2.05, 4.69) is 0 Å². The molecule has 0 heterocycles. The summed E-state index contributed by atoms with van der Waals surface area (Å²) in [5.41, 5.74) is 0. The highest BCUT2D eigenvalue weighted by atomic mass is 32.3. The van der Waals surface area contributed by atoms with Gasteiger partial charge in [0.05, 0.1) is 16.2 Å². The van der Waals surface area contributed by atoms with Gasteiger partial charge >= 0.3 is 16.4 Å². The molecule has 0 aromatic heterocycles. The van der Waals surface area contributed by atoms with Crippen LogP contribution in [0.2, 0.25) is 0 Å². The van der Waals surface area contributed by atoms with Crippen molar-refractivity contribution in [2.24, 2.45) is 0 Å². The second kappa shape index (κ2) is 5.66. The molecule has 0 spiro atoms. The van der Waals surface area contributed by atoms with E-state index in [0.29, 0.717) is 6.07 Å². The first-order valence-corrected chi connectivity index (χ1v) is 7.90. The normalized spacial score (nSPS) is 13.4. The van der Waals surface area contributed by atoms with Gasteiger partial charge < -0.3 is 0 Å². The van der Waals surface area contributed by atoms with Crippen molar-refractivity contribution in [1.29, 1.82) is 0 Å². The first-order chi connectivity index (χ1) is 8.92. The van der Waals surface area contributed by atoms with Gasteiger partial charge in [-0.15, -0.1) is 3.89 Å². The summed E-state index contributed by atoms with van der Waals surface area (Å²) < 4.78 is 94.5.